The third kappa shape index (κ3) is 2.43. The van der Waals surface area contributed by atoms with E-state index in [1.165, 1.54) is 0 Å². The molecule has 11 heavy (non-hydrogen) atoms. The minimum absolute atomic E-state index is 0.248. The molecule has 3 heteroatoms. The van der Waals surface area contributed by atoms with Gasteiger partial charge >= 0.3 is 0 Å². The Bertz CT molecular complexity index is 111. The summed E-state index contributed by atoms with van der Waals surface area (Å²) in [6.45, 7) is 7.68. The first-order chi connectivity index (χ1) is 5.24. The van der Waals surface area contributed by atoms with Crippen LogP contribution >= 0.6 is 0 Å². The molecular formula is C8H18N2O. The van der Waals surface area contributed by atoms with Gasteiger partial charge < -0.3 is 10.4 Å². The Morgan fingerprint density at radius 1 is 1.55 bits per heavy atom. The van der Waals surface area contributed by atoms with Crippen molar-refractivity contribution in [1.82, 2.24) is 10.2 Å². The van der Waals surface area contributed by atoms with Gasteiger partial charge in [0, 0.05) is 31.7 Å². The molecule has 0 aliphatic carbocycles. The first-order valence-corrected chi connectivity index (χ1v) is 4.32. The van der Waals surface area contributed by atoms with Gasteiger partial charge in [0.25, 0.3) is 0 Å². The van der Waals surface area contributed by atoms with Crippen molar-refractivity contribution in [3.63, 3.8) is 0 Å². The van der Waals surface area contributed by atoms with Crippen LogP contribution in [0.4, 0.5) is 0 Å². The van der Waals surface area contributed by atoms with Gasteiger partial charge in [-0.2, -0.15) is 0 Å². The van der Waals surface area contributed by atoms with Gasteiger partial charge in [-0.05, 0) is 13.8 Å². The van der Waals surface area contributed by atoms with Gasteiger partial charge in [-0.1, -0.05) is 0 Å². The number of aliphatic hydroxyl groups is 1. The van der Waals surface area contributed by atoms with Crippen molar-refractivity contribution >= 4 is 0 Å². The number of hydrogen-bond donors (Lipinski definition) is 2. The van der Waals surface area contributed by atoms with Crippen molar-refractivity contribution in [2.45, 2.75) is 25.9 Å². The third-order valence-electron chi connectivity index (χ3n) is 2.18. The molecule has 1 heterocycles. The highest BCUT2D eigenvalue weighted by atomic mass is 16.3. The molecule has 0 atom stereocenters. The fraction of sp³-hybridized carbons (Fsp3) is 1.00. The van der Waals surface area contributed by atoms with E-state index in [9.17, 15) is 0 Å². The summed E-state index contributed by atoms with van der Waals surface area (Å²) < 4.78 is 0. The van der Waals surface area contributed by atoms with Crippen molar-refractivity contribution in [2.24, 2.45) is 0 Å². The number of nitrogens with one attached hydrogen (secondary N) is 1. The molecule has 0 radical (unpaired) electrons. The molecule has 1 saturated heterocycles. The molecule has 0 aromatic carbocycles. The lowest BCUT2D eigenvalue weighted by Gasteiger charge is -2.42. The second-order valence-electron chi connectivity index (χ2n) is 3.42. The molecule has 1 rings (SSSR count). The first kappa shape index (κ1) is 8.97. The highest BCUT2D eigenvalue weighted by Crippen LogP contribution is 2.10. The van der Waals surface area contributed by atoms with E-state index in [-0.39, 0.29) is 6.61 Å². The molecule has 0 saturated carbocycles. The van der Waals surface area contributed by atoms with Gasteiger partial charge in [-0.25, -0.2) is 0 Å². The van der Waals surface area contributed by atoms with Crippen LogP contribution in [0.15, 0.2) is 0 Å². The van der Waals surface area contributed by atoms with Crippen LogP contribution in [0.5, 0.6) is 0 Å². The van der Waals surface area contributed by atoms with Crippen LogP contribution in [0.2, 0.25) is 0 Å². The lowest BCUT2D eigenvalue weighted by molar-refractivity contribution is 0.0890. The van der Waals surface area contributed by atoms with Gasteiger partial charge in [-0.3, -0.25) is 4.90 Å². The molecule has 0 aromatic rings. The predicted molar refractivity (Wildman–Crippen MR) is 45.6 cm³/mol. The zero-order valence-electron chi connectivity index (χ0n) is 7.38. The second kappa shape index (κ2) is 4.04. The van der Waals surface area contributed by atoms with Crippen molar-refractivity contribution < 1.29 is 5.11 Å². The molecular weight excluding hydrogens is 140 g/mol. The molecule has 3 nitrogen and oxygen atoms in total. The summed E-state index contributed by atoms with van der Waals surface area (Å²) in [5.74, 6) is 0. The van der Waals surface area contributed by atoms with E-state index < -0.39 is 0 Å². The topological polar surface area (TPSA) is 35.5 Å². The average molecular weight is 158 g/mol. The number of rotatable bonds is 4. The van der Waals surface area contributed by atoms with Crippen molar-refractivity contribution in [3.05, 3.63) is 0 Å². The summed E-state index contributed by atoms with van der Waals surface area (Å²) >= 11 is 0. The molecule has 0 spiro atoms. The lowest BCUT2D eigenvalue weighted by Crippen LogP contribution is -2.60. The summed E-state index contributed by atoms with van der Waals surface area (Å²) in [5, 5.41) is 11.8. The first-order valence-electron chi connectivity index (χ1n) is 4.32. The maximum atomic E-state index is 8.53. The number of nitrogens with zero attached hydrogens (tertiary/aromatic N) is 1. The maximum absolute atomic E-state index is 8.53. The Balaban J connectivity index is 2.00. The average Bonchev–Trinajstić information content (AvgIpc) is 1.84. The normalized spacial score (nSPS) is 20.7. The largest absolute Gasteiger partial charge is 0.395 e. The van der Waals surface area contributed by atoms with Crippen LogP contribution in [0.25, 0.3) is 0 Å². The SMILES string of the molecule is CC(C)N1CC(NCCO)C1. The smallest absolute Gasteiger partial charge is 0.0556 e. The van der Waals surface area contributed by atoms with Crippen molar-refractivity contribution in [2.75, 3.05) is 26.2 Å². The molecule has 0 unspecified atom stereocenters. The summed E-state index contributed by atoms with van der Waals surface area (Å²) in [7, 11) is 0. The maximum Gasteiger partial charge on any atom is 0.0556 e. The van der Waals surface area contributed by atoms with Crippen molar-refractivity contribution in [3.8, 4) is 0 Å². The third-order valence-corrected chi connectivity index (χ3v) is 2.18. The minimum Gasteiger partial charge on any atom is -0.395 e. The van der Waals surface area contributed by atoms with Crippen LogP contribution in [-0.4, -0.2) is 48.3 Å². The summed E-state index contributed by atoms with van der Waals surface area (Å²) in [5.41, 5.74) is 0. The lowest BCUT2D eigenvalue weighted by atomic mass is 10.1. The highest BCUT2D eigenvalue weighted by molar-refractivity contribution is 4.87. The van der Waals surface area contributed by atoms with Gasteiger partial charge in [0.2, 0.25) is 0 Å². The molecule has 1 aliphatic rings. The summed E-state index contributed by atoms with van der Waals surface area (Å²) in [4.78, 5) is 2.41. The number of hydrogen-bond acceptors (Lipinski definition) is 3. The number of aliphatic hydroxyl groups excluding tert-OH is 1. The summed E-state index contributed by atoms with van der Waals surface area (Å²) in [6.07, 6.45) is 0. The highest BCUT2D eigenvalue weighted by Gasteiger charge is 2.27. The van der Waals surface area contributed by atoms with E-state index in [4.69, 9.17) is 5.11 Å². The van der Waals surface area contributed by atoms with E-state index in [1.807, 2.05) is 0 Å². The number of likely N-dealkylation sites (tertiary alicyclic amines) is 1. The van der Waals surface area contributed by atoms with E-state index in [2.05, 4.69) is 24.1 Å². The molecule has 1 aliphatic heterocycles. The standard InChI is InChI=1S/C8H18N2O/c1-7(2)10-5-8(6-10)9-3-4-11/h7-9,11H,3-6H2,1-2H3. The fourth-order valence-corrected chi connectivity index (χ4v) is 1.33. The van der Waals surface area contributed by atoms with Crippen LogP contribution in [0.3, 0.4) is 0 Å². The molecule has 1 fully saturated rings. The molecule has 0 bridgehead atoms. The van der Waals surface area contributed by atoms with Gasteiger partial charge in [-0.15, -0.1) is 0 Å². The second-order valence-corrected chi connectivity index (χ2v) is 3.42. The van der Waals surface area contributed by atoms with E-state index >= 15 is 0 Å². The van der Waals surface area contributed by atoms with Crippen LogP contribution < -0.4 is 5.32 Å². The van der Waals surface area contributed by atoms with Crippen LogP contribution in [0.1, 0.15) is 13.8 Å². The van der Waals surface area contributed by atoms with E-state index in [0.717, 1.165) is 19.6 Å². The molecule has 0 aromatic heterocycles. The Kier molecular flexibility index (Phi) is 3.30. The van der Waals surface area contributed by atoms with Crippen molar-refractivity contribution in [1.29, 1.82) is 0 Å². The Labute approximate surface area is 68.4 Å². The Morgan fingerprint density at radius 3 is 2.64 bits per heavy atom. The minimum atomic E-state index is 0.248. The summed E-state index contributed by atoms with van der Waals surface area (Å²) in [6, 6.07) is 1.28. The Hall–Kier alpha value is -0.120. The fourth-order valence-electron chi connectivity index (χ4n) is 1.33. The van der Waals surface area contributed by atoms with Crippen LogP contribution in [0, 0.1) is 0 Å². The van der Waals surface area contributed by atoms with Gasteiger partial charge in [0.05, 0.1) is 6.61 Å². The van der Waals surface area contributed by atoms with E-state index in [1.54, 1.807) is 0 Å². The quantitative estimate of drug-likeness (QED) is 0.587. The zero-order valence-corrected chi connectivity index (χ0v) is 7.38. The monoisotopic (exact) mass is 158 g/mol. The molecule has 2 N–H and O–H groups in total. The Morgan fingerprint density at radius 2 is 2.18 bits per heavy atom. The van der Waals surface area contributed by atoms with Gasteiger partial charge in [0.15, 0.2) is 0 Å². The zero-order chi connectivity index (χ0) is 8.27. The van der Waals surface area contributed by atoms with E-state index in [0.29, 0.717) is 12.1 Å². The molecule has 0 amide bonds. The predicted octanol–water partition coefficient (Wildman–Crippen LogP) is -0.339. The van der Waals surface area contributed by atoms with Crippen LogP contribution in [-0.2, 0) is 0 Å². The molecule has 66 valence electrons. The van der Waals surface area contributed by atoms with Gasteiger partial charge in [0.1, 0.15) is 0 Å².